The Morgan fingerprint density at radius 2 is 2.00 bits per heavy atom. The highest BCUT2D eigenvalue weighted by Crippen LogP contribution is 2.30. The molecular weight excluding hydrogens is 306 g/mol. The molecule has 4 nitrogen and oxygen atoms in total. The van der Waals surface area contributed by atoms with Gasteiger partial charge in [-0.15, -0.1) is 0 Å². The van der Waals surface area contributed by atoms with Crippen molar-refractivity contribution < 1.29 is 4.74 Å². The molecule has 1 saturated carbocycles. The maximum absolute atomic E-state index is 5.99. The van der Waals surface area contributed by atoms with Crippen LogP contribution in [-0.4, -0.2) is 50.3 Å². The molecule has 0 aromatic carbocycles. The Bertz CT molecular complexity index is 307. The monoisotopic (exact) mass is 343 g/mol. The smallest absolute Gasteiger partial charge is 0.191 e. The fraction of sp³-hybridized carbons (Fsp3) is 0.944. The number of unbranched alkanes of at least 4 members (excludes halogenated alkanes) is 1. The fourth-order valence-corrected chi connectivity index (χ4v) is 3.71. The van der Waals surface area contributed by atoms with Crippen molar-refractivity contribution in [3.8, 4) is 0 Å². The number of hydrogen-bond donors (Lipinski definition) is 2. The molecule has 0 heterocycles. The normalized spacial score (nSPS) is 17.4. The van der Waals surface area contributed by atoms with Gasteiger partial charge in [0.15, 0.2) is 5.96 Å². The third-order valence-electron chi connectivity index (χ3n) is 4.40. The summed E-state index contributed by atoms with van der Waals surface area (Å²) < 4.78 is 5.99. The highest BCUT2D eigenvalue weighted by Gasteiger charge is 2.24. The van der Waals surface area contributed by atoms with Gasteiger partial charge in [0.25, 0.3) is 0 Å². The highest BCUT2D eigenvalue weighted by molar-refractivity contribution is 7.98. The Balaban J connectivity index is 2.29. The van der Waals surface area contributed by atoms with Crippen molar-refractivity contribution in [3.05, 3.63) is 0 Å². The lowest BCUT2D eigenvalue weighted by Gasteiger charge is -2.24. The fourth-order valence-electron chi connectivity index (χ4n) is 3.22. The summed E-state index contributed by atoms with van der Waals surface area (Å²) in [6.07, 6.45) is 11.5. The summed E-state index contributed by atoms with van der Waals surface area (Å²) in [6, 6.07) is 0. The molecule has 0 radical (unpaired) electrons. The minimum Gasteiger partial charge on any atom is -0.378 e. The second-order valence-electron chi connectivity index (χ2n) is 6.21. The molecule has 1 aliphatic carbocycles. The van der Waals surface area contributed by atoms with Crippen LogP contribution in [0.5, 0.6) is 0 Å². The van der Waals surface area contributed by atoms with E-state index in [1.54, 1.807) is 0 Å². The number of guanidine groups is 1. The minimum absolute atomic E-state index is 0.416. The zero-order valence-corrected chi connectivity index (χ0v) is 16.2. The van der Waals surface area contributed by atoms with E-state index in [4.69, 9.17) is 4.74 Å². The lowest BCUT2D eigenvalue weighted by atomic mass is 9.98. The van der Waals surface area contributed by atoms with Gasteiger partial charge in [0.1, 0.15) is 0 Å². The predicted molar refractivity (Wildman–Crippen MR) is 104 cm³/mol. The van der Waals surface area contributed by atoms with Gasteiger partial charge < -0.3 is 15.4 Å². The third-order valence-corrected chi connectivity index (χ3v) is 5.10. The zero-order chi connectivity index (χ0) is 16.8. The number of thioether (sulfide) groups is 1. The molecule has 0 aliphatic heterocycles. The van der Waals surface area contributed by atoms with Crippen LogP contribution in [0.25, 0.3) is 0 Å². The van der Waals surface area contributed by atoms with Crippen molar-refractivity contribution in [2.24, 2.45) is 10.9 Å². The van der Waals surface area contributed by atoms with Crippen LogP contribution in [0, 0.1) is 5.92 Å². The summed E-state index contributed by atoms with van der Waals surface area (Å²) in [5.74, 6) is 2.96. The Morgan fingerprint density at radius 1 is 1.22 bits per heavy atom. The molecule has 5 heteroatoms. The Hall–Kier alpha value is -0.420. The van der Waals surface area contributed by atoms with Crippen molar-refractivity contribution in [1.29, 1.82) is 0 Å². The first-order valence-electron chi connectivity index (χ1n) is 9.44. The first-order chi connectivity index (χ1) is 11.3. The number of aliphatic imine (C=N–C) groups is 1. The van der Waals surface area contributed by atoms with Gasteiger partial charge in [-0.3, -0.25) is 4.99 Å². The summed E-state index contributed by atoms with van der Waals surface area (Å²) in [7, 11) is 0. The molecule has 0 aromatic heterocycles. The van der Waals surface area contributed by atoms with Crippen LogP contribution in [0.4, 0.5) is 0 Å². The second-order valence-corrected chi connectivity index (χ2v) is 7.20. The van der Waals surface area contributed by atoms with Crippen LogP contribution in [-0.2, 0) is 4.74 Å². The van der Waals surface area contributed by atoms with E-state index in [9.17, 15) is 0 Å². The molecule has 0 spiro atoms. The van der Waals surface area contributed by atoms with Crippen LogP contribution in [0.2, 0.25) is 0 Å². The van der Waals surface area contributed by atoms with Gasteiger partial charge in [-0.1, -0.05) is 12.8 Å². The zero-order valence-electron chi connectivity index (χ0n) is 15.4. The van der Waals surface area contributed by atoms with Gasteiger partial charge in [0.2, 0.25) is 0 Å². The van der Waals surface area contributed by atoms with Crippen LogP contribution in [0.15, 0.2) is 4.99 Å². The predicted octanol–water partition coefficient (Wildman–Crippen LogP) is 3.67. The van der Waals surface area contributed by atoms with E-state index in [0.717, 1.165) is 44.5 Å². The lowest BCUT2D eigenvalue weighted by molar-refractivity contribution is 0.0169. The van der Waals surface area contributed by atoms with Gasteiger partial charge in [-0.2, -0.15) is 11.8 Å². The molecule has 1 aliphatic rings. The molecular formula is C18H37N3OS. The summed E-state index contributed by atoms with van der Waals surface area (Å²) in [5.41, 5.74) is 0. The molecule has 1 atom stereocenters. The lowest BCUT2D eigenvalue weighted by Crippen LogP contribution is -2.39. The molecule has 2 N–H and O–H groups in total. The van der Waals surface area contributed by atoms with Crippen LogP contribution < -0.4 is 10.6 Å². The van der Waals surface area contributed by atoms with Crippen molar-refractivity contribution in [1.82, 2.24) is 10.6 Å². The third kappa shape index (κ3) is 9.46. The average Bonchev–Trinajstić information content (AvgIpc) is 3.08. The maximum Gasteiger partial charge on any atom is 0.191 e. The largest absolute Gasteiger partial charge is 0.378 e. The SMILES string of the molecule is CCNC(=NCCCCSC)NCCC(OCC)C1CCCC1. The van der Waals surface area contributed by atoms with E-state index in [1.165, 1.54) is 44.3 Å². The van der Waals surface area contributed by atoms with E-state index < -0.39 is 0 Å². The Labute approximate surface area is 147 Å². The van der Waals surface area contributed by atoms with E-state index in [2.05, 4.69) is 35.7 Å². The average molecular weight is 344 g/mol. The summed E-state index contributed by atoms with van der Waals surface area (Å²) in [4.78, 5) is 4.67. The topological polar surface area (TPSA) is 45.7 Å². The van der Waals surface area contributed by atoms with Gasteiger partial charge >= 0.3 is 0 Å². The standard InChI is InChI=1S/C18H37N3OS/c1-4-19-18(20-13-8-9-15-23-3)21-14-12-17(22-5-2)16-10-6-7-11-16/h16-17H,4-15H2,1-3H3,(H2,19,20,21). The maximum atomic E-state index is 5.99. The molecule has 0 amide bonds. The Kier molecular flexibility index (Phi) is 12.5. The van der Waals surface area contributed by atoms with Gasteiger partial charge in [-0.25, -0.2) is 0 Å². The van der Waals surface area contributed by atoms with Crippen molar-refractivity contribution in [3.63, 3.8) is 0 Å². The van der Waals surface area contributed by atoms with Crippen molar-refractivity contribution in [2.45, 2.75) is 64.9 Å². The molecule has 136 valence electrons. The van der Waals surface area contributed by atoms with E-state index >= 15 is 0 Å². The number of nitrogens with one attached hydrogen (secondary N) is 2. The molecule has 0 aromatic rings. The van der Waals surface area contributed by atoms with Gasteiger partial charge in [-0.05, 0) is 63.9 Å². The molecule has 1 fully saturated rings. The quantitative estimate of drug-likeness (QED) is 0.322. The molecule has 23 heavy (non-hydrogen) atoms. The highest BCUT2D eigenvalue weighted by atomic mass is 32.2. The van der Waals surface area contributed by atoms with Crippen molar-refractivity contribution >= 4 is 17.7 Å². The molecule has 0 saturated heterocycles. The first-order valence-corrected chi connectivity index (χ1v) is 10.8. The van der Waals surface area contributed by atoms with E-state index in [-0.39, 0.29) is 0 Å². The first kappa shape index (κ1) is 20.6. The summed E-state index contributed by atoms with van der Waals surface area (Å²) >= 11 is 1.91. The minimum atomic E-state index is 0.416. The Morgan fingerprint density at radius 3 is 2.65 bits per heavy atom. The van der Waals surface area contributed by atoms with Crippen molar-refractivity contribution in [2.75, 3.05) is 38.2 Å². The number of nitrogens with zero attached hydrogens (tertiary/aromatic N) is 1. The van der Waals surface area contributed by atoms with E-state index in [1.807, 2.05) is 11.8 Å². The van der Waals surface area contributed by atoms with Crippen LogP contribution in [0.1, 0.15) is 58.8 Å². The van der Waals surface area contributed by atoms with Crippen LogP contribution in [0.3, 0.4) is 0 Å². The molecule has 1 unspecified atom stereocenters. The second kappa shape index (κ2) is 14.0. The molecule has 0 bridgehead atoms. The number of hydrogen-bond acceptors (Lipinski definition) is 3. The molecule has 1 rings (SSSR count). The number of ether oxygens (including phenoxy) is 1. The summed E-state index contributed by atoms with van der Waals surface area (Å²) in [6.45, 7) is 7.81. The summed E-state index contributed by atoms with van der Waals surface area (Å²) in [5, 5.41) is 6.82. The van der Waals surface area contributed by atoms with E-state index in [0.29, 0.717) is 6.10 Å². The van der Waals surface area contributed by atoms with Gasteiger partial charge in [0.05, 0.1) is 6.10 Å². The number of rotatable bonds is 12. The van der Waals surface area contributed by atoms with Gasteiger partial charge in [0, 0.05) is 26.2 Å². The van der Waals surface area contributed by atoms with Crippen LogP contribution >= 0.6 is 11.8 Å².